The van der Waals surface area contributed by atoms with Crippen LogP contribution in [0.5, 0.6) is 0 Å². The van der Waals surface area contributed by atoms with E-state index in [0.29, 0.717) is 0 Å². The predicted octanol–water partition coefficient (Wildman–Crippen LogP) is -0.853. The summed E-state index contributed by atoms with van der Waals surface area (Å²) in [4.78, 5) is 0. The molecule has 0 radical (unpaired) electrons. The zero-order valence-corrected chi connectivity index (χ0v) is 7.10. The summed E-state index contributed by atoms with van der Waals surface area (Å²) >= 11 is 0. The average Bonchev–Trinajstić information content (AvgIpc) is 1.85. The van der Waals surface area contributed by atoms with Gasteiger partial charge in [-0.15, -0.1) is 0 Å². The van der Waals surface area contributed by atoms with Crippen molar-refractivity contribution in [2.75, 3.05) is 0 Å². The molecule has 0 unspecified atom stereocenters. The molecular formula is C6H16CaNNaO3S. The first-order valence-electron chi connectivity index (χ1n) is 3.83. The van der Waals surface area contributed by atoms with Crippen LogP contribution in [0.4, 0.5) is 0 Å². The summed E-state index contributed by atoms with van der Waals surface area (Å²) < 4.78 is 31.3. The summed E-state index contributed by atoms with van der Waals surface area (Å²) in [6.07, 6.45) is 4.96. The zero-order chi connectivity index (χ0) is 8.32. The molecule has 4 nitrogen and oxygen atoms in total. The molecule has 0 heterocycles. The Bertz CT molecular complexity index is 216. The molecule has 0 amide bonds. The van der Waals surface area contributed by atoms with Gasteiger partial charge in [-0.2, -0.15) is 13.1 Å². The average molecular weight is 245 g/mol. The molecule has 72 valence electrons. The molecule has 0 aromatic carbocycles. The van der Waals surface area contributed by atoms with Crippen LogP contribution in [0.1, 0.15) is 32.1 Å². The van der Waals surface area contributed by atoms with Crippen molar-refractivity contribution >= 4 is 77.6 Å². The Morgan fingerprint density at radius 3 is 2.00 bits per heavy atom. The summed E-state index contributed by atoms with van der Waals surface area (Å²) in [5.41, 5.74) is 0. The standard InChI is InChI=1S/C6H13NO3S.Ca.Na.3H/c8-11(9,10)7-6-4-2-1-3-5-6;;;;;/h6-7H,1-5H2,(H,8,9,10);;;;;. The van der Waals surface area contributed by atoms with Gasteiger partial charge in [-0.05, 0) is 12.8 Å². The van der Waals surface area contributed by atoms with Crippen LogP contribution in [-0.2, 0) is 10.3 Å². The Balaban J connectivity index is 0. The van der Waals surface area contributed by atoms with Crippen LogP contribution in [0.2, 0.25) is 0 Å². The van der Waals surface area contributed by atoms with Crippen LogP contribution >= 0.6 is 0 Å². The fourth-order valence-corrected chi connectivity index (χ4v) is 2.09. The molecule has 0 aromatic rings. The second kappa shape index (κ2) is 8.30. The van der Waals surface area contributed by atoms with Gasteiger partial charge in [-0.1, -0.05) is 19.3 Å². The third-order valence-electron chi connectivity index (χ3n) is 1.92. The van der Waals surface area contributed by atoms with Gasteiger partial charge in [-0.3, -0.25) is 4.55 Å². The first-order chi connectivity index (χ1) is 5.08. The Hall–Kier alpha value is 2.13. The Morgan fingerprint density at radius 2 is 1.62 bits per heavy atom. The Morgan fingerprint density at radius 1 is 1.15 bits per heavy atom. The third kappa shape index (κ3) is 9.08. The van der Waals surface area contributed by atoms with Crippen LogP contribution < -0.4 is 4.72 Å². The quantitative estimate of drug-likeness (QED) is 0.492. The van der Waals surface area contributed by atoms with Gasteiger partial charge < -0.3 is 0 Å². The minimum atomic E-state index is -3.97. The molecule has 2 N–H and O–H groups in total. The number of rotatable bonds is 2. The molecular weight excluding hydrogens is 229 g/mol. The molecule has 0 atom stereocenters. The molecule has 7 heteroatoms. The summed E-state index contributed by atoms with van der Waals surface area (Å²) in [6, 6.07) is -0.0428. The molecule has 0 saturated heterocycles. The van der Waals surface area contributed by atoms with E-state index in [2.05, 4.69) is 4.72 Å². The fraction of sp³-hybridized carbons (Fsp3) is 1.00. The van der Waals surface area contributed by atoms with Crippen LogP contribution in [-0.4, -0.2) is 86.3 Å². The van der Waals surface area contributed by atoms with E-state index < -0.39 is 10.3 Å². The van der Waals surface area contributed by atoms with E-state index in [9.17, 15) is 8.42 Å². The predicted molar refractivity (Wildman–Crippen MR) is 57.3 cm³/mol. The van der Waals surface area contributed by atoms with Gasteiger partial charge in [0.2, 0.25) is 0 Å². The van der Waals surface area contributed by atoms with Crippen molar-refractivity contribution in [1.29, 1.82) is 0 Å². The minimum absolute atomic E-state index is 0. The van der Waals surface area contributed by atoms with Crippen molar-refractivity contribution in [2.45, 2.75) is 38.1 Å². The van der Waals surface area contributed by atoms with Crippen LogP contribution in [0.25, 0.3) is 0 Å². The molecule has 1 saturated carbocycles. The van der Waals surface area contributed by atoms with Crippen molar-refractivity contribution < 1.29 is 13.0 Å². The van der Waals surface area contributed by atoms with Gasteiger partial charge in [0.25, 0.3) is 0 Å². The van der Waals surface area contributed by atoms with Crippen molar-refractivity contribution in [2.24, 2.45) is 0 Å². The van der Waals surface area contributed by atoms with Crippen LogP contribution in [0.3, 0.4) is 0 Å². The SMILES string of the molecule is O=S(=O)(O)NC1CCCCC1.[CaH2].[NaH]. The maximum atomic E-state index is 10.3. The number of hydrogen-bond donors (Lipinski definition) is 2. The van der Waals surface area contributed by atoms with E-state index in [1.165, 1.54) is 6.42 Å². The van der Waals surface area contributed by atoms with Crippen LogP contribution in [0, 0.1) is 0 Å². The normalized spacial score (nSPS) is 18.5. The van der Waals surface area contributed by atoms with Gasteiger partial charge in [0.1, 0.15) is 0 Å². The van der Waals surface area contributed by atoms with E-state index in [0.717, 1.165) is 25.7 Å². The molecule has 1 aliphatic carbocycles. The molecule has 13 heavy (non-hydrogen) atoms. The second-order valence-electron chi connectivity index (χ2n) is 2.93. The second-order valence-corrected chi connectivity index (χ2v) is 4.11. The van der Waals surface area contributed by atoms with Gasteiger partial charge in [0.05, 0.1) is 0 Å². The first kappa shape index (κ1) is 17.5. The van der Waals surface area contributed by atoms with Gasteiger partial charge >= 0.3 is 77.6 Å². The Kier molecular flexibility index (Phi) is 11.2. The van der Waals surface area contributed by atoms with Crippen molar-refractivity contribution in [3.05, 3.63) is 0 Å². The fourth-order valence-electron chi connectivity index (χ4n) is 1.43. The molecule has 0 aliphatic heterocycles. The van der Waals surface area contributed by atoms with E-state index in [1.54, 1.807) is 0 Å². The topological polar surface area (TPSA) is 66.4 Å². The summed E-state index contributed by atoms with van der Waals surface area (Å²) in [6.45, 7) is 0. The first-order valence-corrected chi connectivity index (χ1v) is 5.27. The zero-order valence-electron chi connectivity index (χ0n) is 6.28. The van der Waals surface area contributed by atoms with E-state index in [1.807, 2.05) is 0 Å². The van der Waals surface area contributed by atoms with Crippen molar-refractivity contribution in [3.8, 4) is 0 Å². The van der Waals surface area contributed by atoms with Crippen molar-refractivity contribution in [3.63, 3.8) is 0 Å². The summed E-state index contributed by atoms with van der Waals surface area (Å²) in [5.74, 6) is 0. The van der Waals surface area contributed by atoms with Crippen molar-refractivity contribution in [1.82, 2.24) is 4.72 Å². The van der Waals surface area contributed by atoms with Gasteiger partial charge in [0.15, 0.2) is 0 Å². The van der Waals surface area contributed by atoms with E-state index in [-0.39, 0.29) is 73.3 Å². The molecule has 1 aliphatic rings. The number of nitrogens with one attached hydrogen (secondary N) is 1. The van der Waals surface area contributed by atoms with E-state index >= 15 is 0 Å². The molecule has 0 spiro atoms. The van der Waals surface area contributed by atoms with Crippen LogP contribution in [0.15, 0.2) is 0 Å². The van der Waals surface area contributed by atoms with Gasteiger partial charge in [-0.25, -0.2) is 0 Å². The van der Waals surface area contributed by atoms with Gasteiger partial charge in [0, 0.05) is 6.04 Å². The van der Waals surface area contributed by atoms with E-state index in [4.69, 9.17) is 4.55 Å². The summed E-state index contributed by atoms with van der Waals surface area (Å²) in [7, 11) is -3.97. The number of hydrogen-bond acceptors (Lipinski definition) is 2. The molecule has 0 bridgehead atoms. The monoisotopic (exact) mass is 245 g/mol. The molecule has 0 aromatic heterocycles. The molecule has 1 fully saturated rings. The Labute approximate surface area is 131 Å². The third-order valence-corrected chi connectivity index (χ3v) is 2.55. The maximum absolute atomic E-state index is 10.3. The summed E-state index contributed by atoms with van der Waals surface area (Å²) in [5, 5.41) is 0. The molecule has 1 rings (SSSR count).